The Hall–Kier alpha value is -2.01. The molecule has 1 amide bonds. The van der Waals surface area contributed by atoms with Gasteiger partial charge in [-0.1, -0.05) is 6.92 Å². The van der Waals surface area contributed by atoms with Crippen molar-refractivity contribution in [3.05, 3.63) is 48.3 Å². The minimum Gasteiger partial charge on any atom is -0.384 e. The molecule has 0 radical (unpaired) electrons. The summed E-state index contributed by atoms with van der Waals surface area (Å²) in [5, 5.41) is 6.07. The van der Waals surface area contributed by atoms with Crippen LogP contribution >= 0.6 is 11.8 Å². The number of nitrogens with zero attached hydrogens (tertiary/aromatic N) is 1. The van der Waals surface area contributed by atoms with Crippen LogP contribution in [-0.4, -0.2) is 23.7 Å². The Balaban J connectivity index is 1.98. The number of anilines is 2. The zero-order valence-corrected chi connectivity index (χ0v) is 13.0. The first-order chi connectivity index (χ1) is 10.2. The van der Waals surface area contributed by atoms with Gasteiger partial charge in [0.25, 0.3) is 5.91 Å². The maximum absolute atomic E-state index is 12.1. The first kappa shape index (κ1) is 15.4. The largest absolute Gasteiger partial charge is 0.384 e. The summed E-state index contributed by atoms with van der Waals surface area (Å²) in [5.41, 5.74) is 2.11. The lowest BCUT2D eigenvalue weighted by molar-refractivity contribution is 0.102. The highest BCUT2D eigenvalue weighted by atomic mass is 32.2. The molecule has 1 heterocycles. The van der Waals surface area contributed by atoms with E-state index in [4.69, 9.17) is 0 Å². The van der Waals surface area contributed by atoms with E-state index in [-0.39, 0.29) is 5.91 Å². The van der Waals surface area contributed by atoms with Gasteiger partial charge in [-0.15, -0.1) is 11.8 Å². The number of amides is 1. The maximum Gasteiger partial charge on any atom is 0.274 e. The molecule has 0 bridgehead atoms. The number of pyridine rings is 1. The van der Waals surface area contributed by atoms with Crippen LogP contribution in [0.15, 0.2) is 47.5 Å². The molecule has 0 aliphatic carbocycles. The number of aromatic nitrogens is 1. The minimum atomic E-state index is -0.200. The van der Waals surface area contributed by atoms with Gasteiger partial charge in [-0.3, -0.25) is 4.79 Å². The second-order valence-electron chi connectivity index (χ2n) is 4.54. The summed E-state index contributed by atoms with van der Waals surface area (Å²) in [4.78, 5) is 17.4. The van der Waals surface area contributed by atoms with Gasteiger partial charge in [-0.2, -0.15) is 0 Å². The van der Waals surface area contributed by atoms with Gasteiger partial charge in [0, 0.05) is 17.1 Å². The van der Waals surface area contributed by atoms with Gasteiger partial charge < -0.3 is 10.6 Å². The lowest BCUT2D eigenvalue weighted by Gasteiger charge is -2.07. The van der Waals surface area contributed by atoms with Crippen LogP contribution in [0.2, 0.25) is 0 Å². The lowest BCUT2D eigenvalue weighted by Crippen LogP contribution is -2.13. The van der Waals surface area contributed by atoms with Crippen molar-refractivity contribution in [3.8, 4) is 0 Å². The Morgan fingerprint density at radius 1 is 1.14 bits per heavy atom. The molecule has 0 saturated carbocycles. The highest BCUT2D eigenvalue weighted by Gasteiger charge is 2.07. The van der Waals surface area contributed by atoms with E-state index in [2.05, 4.69) is 22.5 Å². The summed E-state index contributed by atoms with van der Waals surface area (Å²) < 4.78 is 0. The Labute approximate surface area is 129 Å². The Bertz CT molecular complexity index is 581. The molecule has 110 valence electrons. The number of nitrogens with one attached hydrogen (secondary N) is 2. The number of thioether (sulfide) groups is 1. The first-order valence-corrected chi connectivity index (χ1v) is 8.10. The maximum atomic E-state index is 12.1. The molecule has 5 heteroatoms. The summed E-state index contributed by atoms with van der Waals surface area (Å²) in [5.74, 6) is -0.200. The van der Waals surface area contributed by atoms with Crippen LogP contribution in [0.3, 0.4) is 0 Å². The molecule has 2 N–H and O–H groups in total. The zero-order chi connectivity index (χ0) is 15.1. The third kappa shape index (κ3) is 4.49. The van der Waals surface area contributed by atoms with Crippen molar-refractivity contribution < 1.29 is 4.79 Å². The number of carbonyl (C=O) groups excluding carboxylic acids is 1. The summed E-state index contributed by atoms with van der Waals surface area (Å²) in [6.07, 6.45) is 4.75. The number of hydrogen-bond donors (Lipinski definition) is 2. The van der Waals surface area contributed by atoms with Gasteiger partial charge in [0.1, 0.15) is 5.69 Å². The van der Waals surface area contributed by atoms with Crippen molar-refractivity contribution in [1.29, 1.82) is 0 Å². The zero-order valence-electron chi connectivity index (χ0n) is 12.2. The van der Waals surface area contributed by atoms with Gasteiger partial charge in [-0.25, -0.2) is 4.98 Å². The number of benzene rings is 1. The van der Waals surface area contributed by atoms with E-state index < -0.39 is 0 Å². The summed E-state index contributed by atoms with van der Waals surface area (Å²) in [6.45, 7) is 3.00. The van der Waals surface area contributed by atoms with E-state index in [1.807, 2.05) is 36.6 Å². The number of hydrogen-bond acceptors (Lipinski definition) is 4. The molecule has 0 fully saturated rings. The molecule has 1 aromatic carbocycles. The Morgan fingerprint density at radius 3 is 2.43 bits per heavy atom. The fraction of sp³-hybridized carbons (Fsp3) is 0.250. The molecule has 2 rings (SSSR count). The van der Waals surface area contributed by atoms with E-state index in [1.165, 1.54) is 0 Å². The average Bonchev–Trinajstić information content (AvgIpc) is 2.54. The van der Waals surface area contributed by atoms with Crippen LogP contribution in [0.4, 0.5) is 11.4 Å². The monoisotopic (exact) mass is 301 g/mol. The lowest BCUT2D eigenvalue weighted by atomic mass is 10.3. The van der Waals surface area contributed by atoms with E-state index in [0.29, 0.717) is 5.69 Å². The molecule has 0 spiro atoms. The van der Waals surface area contributed by atoms with Crippen molar-refractivity contribution in [3.63, 3.8) is 0 Å². The molecule has 21 heavy (non-hydrogen) atoms. The molecule has 4 nitrogen and oxygen atoms in total. The van der Waals surface area contributed by atoms with E-state index >= 15 is 0 Å². The van der Waals surface area contributed by atoms with Crippen molar-refractivity contribution in [2.24, 2.45) is 0 Å². The SMILES string of the molecule is CCCNc1ccc(C(=O)Nc2ccc(SC)cc2)nc1. The van der Waals surface area contributed by atoms with Gasteiger partial charge in [0.15, 0.2) is 0 Å². The second-order valence-corrected chi connectivity index (χ2v) is 5.42. The van der Waals surface area contributed by atoms with E-state index in [1.54, 1.807) is 24.0 Å². The molecule has 1 aromatic heterocycles. The predicted octanol–water partition coefficient (Wildman–Crippen LogP) is 3.88. The normalized spacial score (nSPS) is 10.2. The van der Waals surface area contributed by atoms with Gasteiger partial charge >= 0.3 is 0 Å². The smallest absolute Gasteiger partial charge is 0.274 e. The first-order valence-electron chi connectivity index (χ1n) is 6.88. The minimum absolute atomic E-state index is 0.200. The quantitative estimate of drug-likeness (QED) is 0.795. The second kappa shape index (κ2) is 7.69. The molecular formula is C16H19N3OS. The fourth-order valence-corrected chi connectivity index (χ4v) is 2.18. The van der Waals surface area contributed by atoms with Gasteiger partial charge in [0.05, 0.1) is 11.9 Å². The molecular weight excluding hydrogens is 282 g/mol. The number of carbonyl (C=O) groups is 1. The van der Waals surface area contributed by atoms with Crippen molar-refractivity contribution in [2.75, 3.05) is 23.4 Å². The summed E-state index contributed by atoms with van der Waals surface area (Å²) in [6, 6.07) is 11.3. The summed E-state index contributed by atoms with van der Waals surface area (Å²) >= 11 is 1.67. The molecule has 0 aliphatic heterocycles. The fourth-order valence-electron chi connectivity index (χ4n) is 1.77. The van der Waals surface area contributed by atoms with Crippen LogP contribution in [0.1, 0.15) is 23.8 Å². The Kier molecular flexibility index (Phi) is 5.63. The van der Waals surface area contributed by atoms with E-state index in [9.17, 15) is 4.79 Å². The molecule has 0 atom stereocenters. The van der Waals surface area contributed by atoms with Crippen molar-refractivity contribution in [2.45, 2.75) is 18.2 Å². The standard InChI is InChI=1S/C16H19N3OS/c1-3-10-17-13-6-9-15(18-11-13)16(20)19-12-4-7-14(21-2)8-5-12/h4-9,11,17H,3,10H2,1-2H3,(H,19,20). The van der Waals surface area contributed by atoms with Crippen molar-refractivity contribution in [1.82, 2.24) is 4.98 Å². The van der Waals surface area contributed by atoms with E-state index in [0.717, 1.165) is 29.2 Å². The molecule has 2 aromatic rings. The molecule has 0 aliphatic rings. The highest BCUT2D eigenvalue weighted by molar-refractivity contribution is 7.98. The van der Waals surface area contributed by atoms with Crippen LogP contribution in [0.5, 0.6) is 0 Å². The topological polar surface area (TPSA) is 54.0 Å². The third-order valence-corrected chi connectivity index (χ3v) is 3.67. The van der Waals surface area contributed by atoms with Crippen molar-refractivity contribution >= 4 is 29.0 Å². The van der Waals surface area contributed by atoms with Gasteiger partial charge in [0.2, 0.25) is 0 Å². The van der Waals surface area contributed by atoms with Gasteiger partial charge in [-0.05, 0) is 49.1 Å². The van der Waals surface area contributed by atoms with Crippen LogP contribution in [-0.2, 0) is 0 Å². The molecule has 0 unspecified atom stereocenters. The van der Waals surface area contributed by atoms with Crippen LogP contribution in [0.25, 0.3) is 0 Å². The number of rotatable bonds is 6. The average molecular weight is 301 g/mol. The Morgan fingerprint density at radius 2 is 1.86 bits per heavy atom. The van der Waals surface area contributed by atoms with Crippen LogP contribution < -0.4 is 10.6 Å². The van der Waals surface area contributed by atoms with Crippen LogP contribution in [0, 0.1) is 0 Å². The predicted molar refractivity (Wildman–Crippen MR) is 89.2 cm³/mol. The third-order valence-electron chi connectivity index (χ3n) is 2.92. The summed E-state index contributed by atoms with van der Waals surface area (Å²) in [7, 11) is 0. The molecule has 0 saturated heterocycles. The highest BCUT2D eigenvalue weighted by Crippen LogP contribution is 2.18.